The van der Waals surface area contributed by atoms with E-state index in [0.717, 1.165) is 30.8 Å². The van der Waals surface area contributed by atoms with Gasteiger partial charge in [0, 0.05) is 18.1 Å². The number of fused-ring (bicyclic) bond motifs is 1. The smallest absolute Gasteiger partial charge is 0.279 e. The van der Waals surface area contributed by atoms with Crippen molar-refractivity contribution in [1.29, 1.82) is 0 Å². The first kappa shape index (κ1) is 15.6. The van der Waals surface area contributed by atoms with E-state index in [1.165, 1.54) is 4.90 Å². The predicted molar refractivity (Wildman–Crippen MR) is 82.3 cm³/mol. The number of hydrogen-bond donors (Lipinski definition) is 2. The Morgan fingerprint density at radius 1 is 1.43 bits per heavy atom. The van der Waals surface area contributed by atoms with Crippen LogP contribution in [0.15, 0.2) is 12.1 Å². The van der Waals surface area contributed by atoms with Gasteiger partial charge in [0.15, 0.2) is 6.54 Å². The van der Waals surface area contributed by atoms with Gasteiger partial charge in [-0.1, -0.05) is 0 Å². The highest BCUT2D eigenvalue weighted by molar-refractivity contribution is 5.93. The summed E-state index contributed by atoms with van der Waals surface area (Å²) in [6.45, 7) is 8.53. The van der Waals surface area contributed by atoms with Gasteiger partial charge in [-0.3, -0.25) is 4.79 Å². The molecule has 0 unspecified atom stereocenters. The van der Waals surface area contributed by atoms with E-state index in [2.05, 4.69) is 19.2 Å². The fourth-order valence-corrected chi connectivity index (χ4v) is 2.63. The number of amides is 1. The summed E-state index contributed by atoms with van der Waals surface area (Å²) in [5.41, 5.74) is 1.81. The fraction of sp³-hybridized carbons (Fsp3) is 0.562. The van der Waals surface area contributed by atoms with Gasteiger partial charge in [-0.15, -0.1) is 0 Å². The summed E-state index contributed by atoms with van der Waals surface area (Å²) in [7, 11) is 1.62. The average molecular weight is 293 g/mol. The number of likely N-dealkylation sites (N-methyl/N-ethyl adjacent to an activating group) is 1. The van der Waals surface area contributed by atoms with Gasteiger partial charge in [-0.05, 0) is 26.8 Å². The van der Waals surface area contributed by atoms with Crippen LogP contribution in [0.2, 0.25) is 0 Å². The molecule has 5 heteroatoms. The van der Waals surface area contributed by atoms with Gasteiger partial charge in [0.2, 0.25) is 0 Å². The van der Waals surface area contributed by atoms with Crippen molar-refractivity contribution in [2.75, 3.05) is 32.1 Å². The lowest BCUT2D eigenvalue weighted by atomic mass is 10.1. The van der Waals surface area contributed by atoms with Crippen LogP contribution in [0.3, 0.4) is 0 Å². The minimum Gasteiger partial charge on any atom is -0.495 e. The van der Waals surface area contributed by atoms with Gasteiger partial charge in [0.1, 0.15) is 17.6 Å². The van der Waals surface area contributed by atoms with Crippen LogP contribution in [0.1, 0.15) is 26.3 Å². The van der Waals surface area contributed by atoms with E-state index in [1.54, 1.807) is 7.11 Å². The van der Waals surface area contributed by atoms with Gasteiger partial charge >= 0.3 is 0 Å². The number of quaternary nitrogens is 1. The summed E-state index contributed by atoms with van der Waals surface area (Å²) in [5.74, 6) is 1.53. The van der Waals surface area contributed by atoms with E-state index < -0.39 is 0 Å². The molecule has 0 saturated heterocycles. The van der Waals surface area contributed by atoms with Crippen LogP contribution in [0, 0.1) is 0 Å². The van der Waals surface area contributed by atoms with Crippen LogP contribution >= 0.6 is 0 Å². The molecule has 1 aromatic rings. The maximum absolute atomic E-state index is 12.1. The largest absolute Gasteiger partial charge is 0.495 e. The molecule has 1 amide bonds. The standard InChI is InChI=1S/C16H24N2O3/c1-5-18(6-2)10-16(19)17-13-9-14-12(7-11(3)21-14)8-15(13)20-4/h8-9,11H,5-7,10H2,1-4H3,(H,17,19)/p+1/t11-/m1/s1. The molecule has 1 aliphatic rings. The Bertz CT molecular complexity index is 512. The lowest BCUT2D eigenvalue weighted by Crippen LogP contribution is -3.12. The highest BCUT2D eigenvalue weighted by Gasteiger charge is 2.22. The quantitative estimate of drug-likeness (QED) is 0.819. The number of nitrogens with one attached hydrogen (secondary N) is 2. The molecule has 0 saturated carbocycles. The molecular formula is C16H25N2O3+. The van der Waals surface area contributed by atoms with Crippen molar-refractivity contribution in [3.8, 4) is 11.5 Å². The van der Waals surface area contributed by atoms with Gasteiger partial charge in [-0.25, -0.2) is 0 Å². The van der Waals surface area contributed by atoms with Gasteiger partial charge in [-0.2, -0.15) is 0 Å². The zero-order valence-corrected chi connectivity index (χ0v) is 13.3. The molecule has 116 valence electrons. The highest BCUT2D eigenvalue weighted by Crippen LogP contribution is 2.37. The summed E-state index contributed by atoms with van der Waals surface area (Å²) in [6, 6.07) is 3.83. The molecule has 0 bridgehead atoms. The second-order valence-corrected chi connectivity index (χ2v) is 5.47. The van der Waals surface area contributed by atoms with Crippen molar-refractivity contribution in [3.63, 3.8) is 0 Å². The minimum absolute atomic E-state index is 0.00186. The minimum atomic E-state index is -0.00186. The molecule has 0 spiro atoms. The molecule has 0 radical (unpaired) electrons. The molecule has 0 fully saturated rings. The van der Waals surface area contributed by atoms with E-state index in [0.29, 0.717) is 18.0 Å². The maximum Gasteiger partial charge on any atom is 0.279 e. The molecule has 1 heterocycles. The van der Waals surface area contributed by atoms with Crippen molar-refractivity contribution in [1.82, 2.24) is 0 Å². The monoisotopic (exact) mass is 293 g/mol. The van der Waals surface area contributed by atoms with Crippen molar-refractivity contribution >= 4 is 11.6 Å². The van der Waals surface area contributed by atoms with Crippen molar-refractivity contribution in [2.24, 2.45) is 0 Å². The lowest BCUT2D eigenvalue weighted by molar-refractivity contribution is -0.888. The van der Waals surface area contributed by atoms with Gasteiger partial charge in [0.05, 0.1) is 25.9 Å². The van der Waals surface area contributed by atoms with Gasteiger partial charge < -0.3 is 19.7 Å². The van der Waals surface area contributed by atoms with Gasteiger partial charge in [0.25, 0.3) is 5.91 Å². The fourth-order valence-electron chi connectivity index (χ4n) is 2.63. The summed E-state index contributed by atoms with van der Waals surface area (Å²) in [5, 5.41) is 2.94. The van der Waals surface area contributed by atoms with Crippen molar-refractivity contribution < 1.29 is 19.2 Å². The molecule has 21 heavy (non-hydrogen) atoms. The Morgan fingerprint density at radius 3 is 2.76 bits per heavy atom. The molecule has 1 atom stereocenters. The van der Waals surface area contributed by atoms with E-state index >= 15 is 0 Å². The van der Waals surface area contributed by atoms with E-state index in [-0.39, 0.29) is 12.0 Å². The summed E-state index contributed by atoms with van der Waals surface area (Å²) >= 11 is 0. The first-order valence-electron chi connectivity index (χ1n) is 7.58. The molecule has 0 aromatic heterocycles. The topological polar surface area (TPSA) is 52.0 Å². The number of rotatable bonds is 6. The molecule has 2 N–H and O–H groups in total. The Hall–Kier alpha value is -1.75. The van der Waals surface area contributed by atoms with Crippen molar-refractivity contribution in [2.45, 2.75) is 33.3 Å². The highest BCUT2D eigenvalue weighted by atomic mass is 16.5. The van der Waals surface area contributed by atoms with Crippen LogP contribution in [-0.4, -0.2) is 38.8 Å². The van der Waals surface area contributed by atoms with Crippen LogP contribution in [0.4, 0.5) is 5.69 Å². The Balaban J connectivity index is 2.13. The molecule has 2 rings (SSSR count). The molecule has 1 aliphatic heterocycles. The Morgan fingerprint density at radius 2 is 2.14 bits per heavy atom. The first-order valence-corrected chi connectivity index (χ1v) is 7.58. The van der Waals surface area contributed by atoms with E-state index in [9.17, 15) is 4.79 Å². The summed E-state index contributed by atoms with van der Waals surface area (Å²) in [4.78, 5) is 13.4. The number of ether oxygens (including phenoxy) is 2. The van der Waals surface area contributed by atoms with Crippen LogP contribution < -0.4 is 19.7 Å². The van der Waals surface area contributed by atoms with E-state index in [1.807, 2.05) is 19.1 Å². The van der Waals surface area contributed by atoms with Crippen LogP contribution in [-0.2, 0) is 11.2 Å². The average Bonchev–Trinajstić information content (AvgIpc) is 2.82. The Labute approximate surface area is 126 Å². The summed E-state index contributed by atoms with van der Waals surface area (Å²) in [6.07, 6.45) is 1.06. The number of hydrogen-bond acceptors (Lipinski definition) is 3. The Kier molecular flexibility index (Phi) is 5.07. The third kappa shape index (κ3) is 3.67. The second-order valence-electron chi connectivity index (χ2n) is 5.47. The molecular weight excluding hydrogens is 268 g/mol. The number of benzene rings is 1. The normalized spacial score (nSPS) is 16.5. The van der Waals surface area contributed by atoms with Crippen LogP contribution in [0.5, 0.6) is 11.5 Å². The molecule has 0 aliphatic carbocycles. The number of anilines is 1. The van der Waals surface area contributed by atoms with E-state index in [4.69, 9.17) is 9.47 Å². The lowest BCUT2D eigenvalue weighted by Gasteiger charge is -2.16. The second kappa shape index (κ2) is 6.80. The molecule has 5 nitrogen and oxygen atoms in total. The summed E-state index contributed by atoms with van der Waals surface area (Å²) < 4.78 is 11.1. The first-order chi connectivity index (χ1) is 10.1. The third-order valence-electron chi connectivity index (χ3n) is 3.90. The molecule has 1 aromatic carbocycles. The zero-order valence-electron chi connectivity index (χ0n) is 13.3. The number of methoxy groups -OCH3 is 1. The van der Waals surface area contributed by atoms with Crippen molar-refractivity contribution in [3.05, 3.63) is 17.7 Å². The SMILES string of the molecule is CC[NH+](CC)CC(=O)Nc1cc2c(cc1OC)C[C@@H](C)O2. The zero-order chi connectivity index (χ0) is 15.4. The maximum atomic E-state index is 12.1. The number of carbonyl (C=O) groups excluding carboxylic acids is 1. The predicted octanol–water partition coefficient (Wildman–Crippen LogP) is 0.882. The third-order valence-corrected chi connectivity index (χ3v) is 3.90. The van der Waals surface area contributed by atoms with Crippen LogP contribution in [0.25, 0.3) is 0 Å². The number of carbonyl (C=O) groups is 1.